The lowest BCUT2D eigenvalue weighted by Gasteiger charge is -2.29. The van der Waals surface area contributed by atoms with Crippen LogP contribution >= 0.6 is 0 Å². The van der Waals surface area contributed by atoms with Crippen LogP contribution < -0.4 is 14.2 Å². The zero-order chi connectivity index (χ0) is 22.6. The van der Waals surface area contributed by atoms with Gasteiger partial charge in [0, 0.05) is 20.0 Å². The molecule has 1 aliphatic rings. The molecule has 0 fully saturated rings. The van der Waals surface area contributed by atoms with Crippen LogP contribution in [0, 0.1) is 0 Å². The summed E-state index contributed by atoms with van der Waals surface area (Å²) in [4.78, 5) is 14.3. The molecule has 0 spiro atoms. The largest absolute Gasteiger partial charge is 0.486 e. The molecular formula is C24H26N2O5S. The molecule has 7 nitrogen and oxygen atoms in total. The number of hydrogen-bond donors (Lipinski definition) is 1. The molecule has 4 rings (SSSR count). The number of ether oxygens (including phenoxy) is 2. The van der Waals surface area contributed by atoms with Crippen molar-refractivity contribution in [3.63, 3.8) is 0 Å². The van der Waals surface area contributed by atoms with Gasteiger partial charge < -0.3 is 14.4 Å². The Morgan fingerprint density at radius 3 is 2.56 bits per heavy atom. The Morgan fingerprint density at radius 2 is 1.75 bits per heavy atom. The predicted octanol–water partition coefficient (Wildman–Crippen LogP) is 3.20. The SMILES string of the molecule is CN(C[C@@H]1COc2ccccc2O1)C(=O)CCCNS(=O)(=O)c1ccc2ccccc2c1. The third-order valence-corrected chi connectivity index (χ3v) is 6.82. The highest BCUT2D eigenvalue weighted by Gasteiger charge is 2.23. The van der Waals surface area contributed by atoms with Crippen molar-refractivity contribution in [2.24, 2.45) is 0 Å². The Morgan fingerprint density at radius 1 is 1.03 bits per heavy atom. The highest BCUT2D eigenvalue weighted by Crippen LogP contribution is 2.31. The van der Waals surface area contributed by atoms with Crippen molar-refractivity contribution in [1.82, 2.24) is 9.62 Å². The van der Waals surface area contributed by atoms with Crippen LogP contribution in [0.15, 0.2) is 71.6 Å². The van der Waals surface area contributed by atoms with E-state index in [0.29, 0.717) is 31.1 Å². The maximum atomic E-state index is 12.6. The number of amides is 1. The molecule has 0 aliphatic carbocycles. The van der Waals surface area contributed by atoms with Gasteiger partial charge in [0.2, 0.25) is 15.9 Å². The Hall–Kier alpha value is -3.10. The first kappa shape index (κ1) is 22.1. The number of likely N-dealkylation sites (N-methyl/N-ethyl adjacent to an activating group) is 1. The molecule has 1 amide bonds. The van der Waals surface area contributed by atoms with Gasteiger partial charge in [-0.25, -0.2) is 13.1 Å². The molecule has 0 unspecified atom stereocenters. The number of para-hydroxylation sites is 2. The molecule has 1 heterocycles. The minimum Gasteiger partial charge on any atom is -0.486 e. The summed E-state index contributed by atoms with van der Waals surface area (Å²) in [7, 11) is -1.92. The molecule has 0 bridgehead atoms. The lowest BCUT2D eigenvalue weighted by Crippen LogP contribution is -2.41. The number of rotatable bonds is 8. The van der Waals surface area contributed by atoms with E-state index in [0.717, 1.165) is 10.8 Å². The van der Waals surface area contributed by atoms with Crippen LogP contribution in [0.25, 0.3) is 10.8 Å². The number of sulfonamides is 1. The minimum atomic E-state index is -3.63. The van der Waals surface area contributed by atoms with E-state index in [1.54, 1.807) is 30.1 Å². The molecule has 1 N–H and O–H groups in total. The molecule has 1 aliphatic heterocycles. The van der Waals surface area contributed by atoms with Crippen LogP contribution in [0.4, 0.5) is 0 Å². The number of hydrogen-bond acceptors (Lipinski definition) is 5. The smallest absolute Gasteiger partial charge is 0.240 e. The van der Waals surface area contributed by atoms with Crippen LogP contribution in [0.5, 0.6) is 11.5 Å². The van der Waals surface area contributed by atoms with Gasteiger partial charge in [0.15, 0.2) is 17.6 Å². The molecule has 0 radical (unpaired) electrons. The van der Waals surface area contributed by atoms with Crippen LogP contribution in [-0.4, -0.2) is 52.1 Å². The molecule has 0 aromatic heterocycles. The quantitative estimate of drug-likeness (QED) is 0.529. The zero-order valence-corrected chi connectivity index (χ0v) is 18.7. The van der Waals surface area contributed by atoms with Gasteiger partial charge in [-0.2, -0.15) is 0 Å². The van der Waals surface area contributed by atoms with Crippen molar-refractivity contribution in [2.45, 2.75) is 23.8 Å². The van der Waals surface area contributed by atoms with E-state index < -0.39 is 10.0 Å². The number of carbonyl (C=O) groups is 1. The van der Waals surface area contributed by atoms with Gasteiger partial charge >= 0.3 is 0 Å². The Kier molecular flexibility index (Phi) is 6.62. The molecule has 32 heavy (non-hydrogen) atoms. The minimum absolute atomic E-state index is 0.0719. The molecular weight excluding hydrogens is 428 g/mol. The van der Waals surface area contributed by atoms with Gasteiger partial charge in [-0.3, -0.25) is 4.79 Å². The van der Waals surface area contributed by atoms with Crippen molar-refractivity contribution in [3.8, 4) is 11.5 Å². The van der Waals surface area contributed by atoms with Gasteiger partial charge in [0.1, 0.15) is 6.61 Å². The van der Waals surface area contributed by atoms with Crippen molar-refractivity contribution >= 4 is 26.7 Å². The van der Waals surface area contributed by atoms with Crippen LogP contribution in [0.1, 0.15) is 12.8 Å². The molecule has 3 aromatic rings. The number of nitrogens with zero attached hydrogens (tertiary/aromatic N) is 1. The summed E-state index contributed by atoms with van der Waals surface area (Å²) >= 11 is 0. The van der Waals surface area contributed by atoms with Crippen LogP contribution in [0.2, 0.25) is 0 Å². The fourth-order valence-electron chi connectivity index (χ4n) is 3.62. The molecule has 3 aromatic carbocycles. The summed E-state index contributed by atoms with van der Waals surface area (Å²) in [5.74, 6) is 1.31. The molecule has 8 heteroatoms. The first-order valence-corrected chi connectivity index (χ1v) is 12.0. The van der Waals surface area contributed by atoms with Gasteiger partial charge in [0.25, 0.3) is 0 Å². The van der Waals surface area contributed by atoms with Crippen molar-refractivity contribution < 1.29 is 22.7 Å². The normalized spacial score (nSPS) is 15.5. The first-order chi connectivity index (χ1) is 15.4. The maximum Gasteiger partial charge on any atom is 0.240 e. The van der Waals surface area contributed by atoms with Gasteiger partial charge in [-0.05, 0) is 41.5 Å². The summed E-state index contributed by atoms with van der Waals surface area (Å²) < 4.78 is 39.3. The molecule has 1 atom stereocenters. The Labute approximate surface area is 188 Å². The topological polar surface area (TPSA) is 84.9 Å². The highest BCUT2D eigenvalue weighted by molar-refractivity contribution is 7.89. The van der Waals surface area contributed by atoms with Gasteiger partial charge in [0.05, 0.1) is 11.4 Å². The van der Waals surface area contributed by atoms with E-state index in [-0.39, 0.29) is 29.9 Å². The van der Waals surface area contributed by atoms with Crippen molar-refractivity contribution in [2.75, 3.05) is 26.7 Å². The molecule has 0 saturated heterocycles. The van der Waals surface area contributed by atoms with E-state index in [1.807, 2.05) is 48.5 Å². The second kappa shape index (κ2) is 9.58. The summed E-state index contributed by atoms with van der Waals surface area (Å²) in [6, 6.07) is 20.1. The summed E-state index contributed by atoms with van der Waals surface area (Å²) in [5, 5.41) is 1.85. The zero-order valence-electron chi connectivity index (χ0n) is 17.9. The third kappa shape index (κ3) is 5.20. The number of carbonyl (C=O) groups excluding carboxylic acids is 1. The van der Waals surface area contributed by atoms with E-state index in [2.05, 4.69) is 4.72 Å². The monoisotopic (exact) mass is 454 g/mol. The second-order valence-electron chi connectivity index (χ2n) is 7.78. The summed E-state index contributed by atoms with van der Waals surface area (Å²) in [6.07, 6.45) is 0.395. The fourth-order valence-corrected chi connectivity index (χ4v) is 4.72. The van der Waals surface area contributed by atoms with Crippen LogP contribution in [-0.2, 0) is 14.8 Å². The first-order valence-electron chi connectivity index (χ1n) is 10.5. The second-order valence-corrected chi connectivity index (χ2v) is 9.55. The average molecular weight is 455 g/mol. The standard InChI is InChI=1S/C24H26N2O5S/c1-26(16-20-17-30-22-9-4-5-10-23(22)31-20)24(27)11-6-14-25-32(28,29)21-13-12-18-7-2-3-8-19(18)15-21/h2-5,7-10,12-13,15,20,25H,6,11,14,16-17H2,1H3/t20-/m1/s1. The predicted molar refractivity (Wildman–Crippen MR) is 122 cm³/mol. The lowest BCUT2D eigenvalue weighted by atomic mass is 10.1. The number of benzene rings is 3. The maximum absolute atomic E-state index is 12.6. The fraction of sp³-hybridized carbons (Fsp3) is 0.292. The number of nitrogens with one attached hydrogen (secondary N) is 1. The Bertz CT molecular complexity index is 1210. The highest BCUT2D eigenvalue weighted by atomic mass is 32.2. The third-order valence-electron chi connectivity index (χ3n) is 5.36. The molecule has 168 valence electrons. The van der Waals surface area contributed by atoms with E-state index in [9.17, 15) is 13.2 Å². The van der Waals surface area contributed by atoms with Crippen LogP contribution in [0.3, 0.4) is 0 Å². The lowest BCUT2D eigenvalue weighted by molar-refractivity contribution is -0.131. The Balaban J connectivity index is 1.23. The van der Waals surface area contributed by atoms with Gasteiger partial charge in [-0.15, -0.1) is 0 Å². The van der Waals surface area contributed by atoms with Crippen molar-refractivity contribution in [3.05, 3.63) is 66.7 Å². The van der Waals surface area contributed by atoms with E-state index >= 15 is 0 Å². The summed E-state index contributed by atoms with van der Waals surface area (Å²) in [5.41, 5.74) is 0. The number of fused-ring (bicyclic) bond motifs is 2. The summed E-state index contributed by atoms with van der Waals surface area (Å²) in [6.45, 7) is 0.960. The van der Waals surface area contributed by atoms with Crippen molar-refractivity contribution in [1.29, 1.82) is 0 Å². The average Bonchev–Trinajstić information content (AvgIpc) is 2.81. The van der Waals surface area contributed by atoms with Gasteiger partial charge in [-0.1, -0.05) is 42.5 Å². The molecule has 0 saturated carbocycles. The van der Waals surface area contributed by atoms with E-state index in [1.165, 1.54) is 0 Å². The van der Waals surface area contributed by atoms with E-state index in [4.69, 9.17) is 9.47 Å².